The largest absolute Gasteiger partial charge is 0.349 e. The number of hydrogen-bond donors (Lipinski definition) is 3. The maximum absolute atomic E-state index is 12.3. The highest BCUT2D eigenvalue weighted by Crippen LogP contribution is 2.24. The Morgan fingerprint density at radius 3 is 3.00 bits per heavy atom. The average molecular weight is 269 g/mol. The predicted molar refractivity (Wildman–Crippen MR) is 71.7 cm³/mol. The Bertz CT molecular complexity index is 460. The summed E-state index contributed by atoms with van der Waals surface area (Å²) in [4.78, 5) is 25.9. The molecule has 2 rings (SSSR count). The summed E-state index contributed by atoms with van der Waals surface area (Å²) in [6.07, 6.45) is 3.78. The van der Waals surface area contributed by atoms with Crippen molar-refractivity contribution in [3.05, 3.63) is 20.7 Å². The van der Waals surface area contributed by atoms with E-state index in [2.05, 4.69) is 22.5 Å². The molecule has 18 heavy (non-hydrogen) atoms. The maximum atomic E-state index is 12.3. The summed E-state index contributed by atoms with van der Waals surface area (Å²) in [5, 5.41) is 7.99. The van der Waals surface area contributed by atoms with Crippen LogP contribution < -0.4 is 15.5 Å². The molecule has 1 saturated heterocycles. The normalized spacial score (nSPS) is 23.2. The number of carbonyl (C=O) groups excluding carboxylic acids is 1. The van der Waals surface area contributed by atoms with E-state index in [1.54, 1.807) is 5.38 Å². The van der Waals surface area contributed by atoms with Crippen molar-refractivity contribution >= 4 is 17.2 Å². The van der Waals surface area contributed by atoms with Crippen LogP contribution >= 0.6 is 11.3 Å². The van der Waals surface area contributed by atoms with Gasteiger partial charge in [-0.2, -0.15) is 0 Å². The molecule has 1 fully saturated rings. The highest BCUT2D eigenvalue weighted by Gasteiger charge is 2.39. The predicted octanol–water partition coefficient (Wildman–Crippen LogP) is 0.975. The standard InChI is InChI=1S/C12H19N3O2S/c1-2-4-12(5-3-6-14-12)10(16)13-7-9-8-18-11(17)15-9/h8,14H,2-7H2,1H3,(H,13,16)(H,15,17). The Kier molecular flexibility index (Phi) is 4.19. The summed E-state index contributed by atoms with van der Waals surface area (Å²) in [6.45, 7) is 3.39. The van der Waals surface area contributed by atoms with Crippen LogP contribution in [0.15, 0.2) is 10.2 Å². The number of rotatable bonds is 5. The van der Waals surface area contributed by atoms with Gasteiger partial charge in [-0.1, -0.05) is 24.7 Å². The van der Waals surface area contributed by atoms with E-state index >= 15 is 0 Å². The van der Waals surface area contributed by atoms with Crippen LogP contribution in [0.1, 0.15) is 38.3 Å². The summed E-state index contributed by atoms with van der Waals surface area (Å²) < 4.78 is 0. The van der Waals surface area contributed by atoms with Crippen molar-refractivity contribution in [2.45, 2.75) is 44.7 Å². The minimum Gasteiger partial charge on any atom is -0.349 e. The summed E-state index contributed by atoms with van der Waals surface area (Å²) in [5.41, 5.74) is 0.369. The molecule has 1 aromatic rings. The molecule has 1 aliphatic heterocycles. The van der Waals surface area contributed by atoms with Gasteiger partial charge in [-0.15, -0.1) is 0 Å². The van der Waals surface area contributed by atoms with Crippen LogP contribution in [0.5, 0.6) is 0 Å². The zero-order valence-corrected chi connectivity index (χ0v) is 11.4. The van der Waals surface area contributed by atoms with Crippen molar-refractivity contribution in [3.63, 3.8) is 0 Å². The Balaban J connectivity index is 1.95. The number of nitrogens with one attached hydrogen (secondary N) is 3. The van der Waals surface area contributed by atoms with Gasteiger partial charge in [0, 0.05) is 11.1 Å². The first-order valence-electron chi connectivity index (χ1n) is 6.36. The average Bonchev–Trinajstić information content (AvgIpc) is 2.97. The monoisotopic (exact) mass is 269 g/mol. The molecule has 1 amide bonds. The number of hydrogen-bond acceptors (Lipinski definition) is 4. The summed E-state index contributed by atoms with van der Waals surface area (Å²) in [7, 11) is 0. The molecule has 1 aromatic heterocycles. The van der Waals surface area contributed by atoms with Crippen molar-refractivity contribution in [2.24, 2.45) is 0 Å². The third kappa shape index (κ3) is 2.81. The summed E-state index contributed by atoms with van der Waals surface area (Å²) in [6, 6.07) is 0. The van der Waals surface area contributed by atoms with Gasteiger partial charge in [-0.05, 0) is 25.8 Å². The van der Waals surface area contributed by atoms with E-state index in [0.717, 1.165) is 49.3 Å². The topological polar surface area (TPSA) is 74.0 Å². The Morgan fingerprint density at radius 1 is 1.61 bits per heavy atom. The van der Waals surface area contributed by atoms with Gasteiger partial charge in [0.2, 0.25) is 5.91 Å². The second-order valence-electron chi connectivity index (χ2n) is 4.72. The van der Waals surface area contributed by atoms with Crippen LogP contribution in [-0.4, -0.2) is 23.0 Å². The van der Waals surface area contributed by atoms with Crippen molar-refractivity contribution in [3.8, 4) is 0 Å². The number of H-pyrrole nitrogens is 1. The quantitative estimate of drug-likeness (QED) is 0.746. The highest BCUT2D eigenvalue weighted by atomic mass is 32.1. The van der Waals surface area contributed by atoms with E-state index in [4.69, 9.17) is 0 Å². The van der Waals surface area contributed by atoms with Crippen molar-refractivity contribution in [1.29, 1.82) is 0 Å². The lowest BCUT2D eigenvalue weighted by Crippen LogP contribution is -2.53. The van der Waals surface area contributed by atoms with Crippen molar-refractivity contribution < 1.29 is 4.79 Å². The Labute approximate surface area is 110 Å². The molecule has 1 atom stereocenters. The highest BCUT2D eigenvalue weighted by molar-refractivity contribution is 7.07. The van der Waals surface area contributed by atoms with Gasteiger partial charge >= 0.3 is 4.87 Å². The lowest BCUT2D eigenvalue weighted by molar-refractivity contribution is -0.127. The minimum atomic E-state index is -0.398. The molecule has 1 aliphatic rings. The molecular weight excluding hydrogens is 250 g/mol. The SMILES string of the molecule is CCCC1(C(=O)NCc2csc(=O)[nH]2)CCCN1. The molecule has 0 radical (unpaired) electrons. The van der Waals surface area contributed by atoms with Crippen LogP contribution in [0.3, 0.4) is 0 Å². The number of carbonyl (C=O) groups is 1. The number of thiazole rings is 1. The van der Waals surface area contributed by atoms with Crippen LogP contribution in [0.2, 0.25) is 0 Å². The molecule has 0 bridgehead atoms. The van der Waals surface area contributed by atoms with Crippen LogP contribution in [0.4, 0.5) is 0 Å². The van der Waals surface area contributed by atoms with Gasteiger partial charge < -0.3 is 15.6 Å². The van der Waals surface area contributed by atoms with E-state index in [1.165, 1.54) is 0 Å². The smallest absolute Gasteiger partial charge is 0.304 e. The lowest BCUT2D eigenvalue weighted by atomic mass is 9.91. The number of aromatic nitrogens is 1. The second kappa shape index (κ2) is 5.67. The first-order valence-corrected chi connectivity index (χ1v) is 7.24. The molecule has 0 saturated carbocycles. The molecule has 2 heterocycles. The first kappa shape index (κ1) is 13.3. The molecule has 0 aromatic carbocycles. The van der Waals surface area contributed by atoms with E-state index < -0.39 is 5.54 Å². The van der Waals surface area contributed by atoms with Gasteiger partial charge in [0.25, 0.3) is 0 Å². The fraction of sp³-hybridized carbons (Fsp3) is 0.667. The van der Waals surface area contributed by atoms with Gasteiger partial charge in [-0.3, -0.25) is 9.59 Å². The number of aromatic amines is 1. The lowest BCUT2D eigenvalue weighted by Gasteiger charge is -2.27. The van der Waals surface area contributed by atoms with Crippen molar-refractivity contribution in [2.75, 3.05) is 6.54 Å². The Hall–Kier alpha value is -1.14. The van der Waals surface area contributed by atoms with Gasteiger partial charge in [0.1, 0.15) is 0 Å². The third-order valence-electron chi connectivity index (χ3n) is 3.37. The van der Waals surface area contributed by atoms with Crippen LogP contribution in [0.25, 0.3) is 0 Å². The zero-order valence-electron chi connectivity index (χ0n) is 10.5. The van der Waals surface area contributed by atoms with E-state index in [9.17, 15) is 9.59 Å². The van der Waals surface area contributed by atoms with Crippen LogP contribution in [-0.2, 0) is 11.3 Å². The maximum Gasteiger partial charge on any atom is 0.304 e. The van der Waals surface area contributed by atoms with Gasteiger partial charge in [0.05, 0.1) is 12.1 Å². The summed E-state index contributed by atoms with van der Waals surface area (Å²) in [5.74, 6) is 0.0499. The molecule has 3 N–H and O–H groups in total. The molecule has 1 unspecified atom stereocenters. The fourth-order valence-corrected chi connectivity index (χ4v) is 3.08. The second-order valence-corrected chi connectivity index (χ2v) is 5.56. The molecule has 0 aliphatic carbocycles. The van der Waals surface area contributed by atoms with Crippen LogP contribution in [0, 0.1) is 0 Å². The molecular formula is C12H19N3O2S. The third-order valence-corrected chi connectivity index (χ3v) is 4.08. The van der Waals surface area contributed by atoms with Crippen molar-refractivity contribution in [1.82, 2.24) is 15.6 Å². The minimum absolute atomic E-state index is 0.0499. The Morgan fingerprint density at radius 2 is 2.44 bits per heavy atom. The van der Waals surface area contributed by atoms with E-state index in [-0.39, 0.29) is 10.8 Å². The number of amides is 1. The molecule has 5 nitrogen and oxygen atoms in total. The van der Waals surface area contributed by atoms with Gasteiger partial charge in [0.15, 0.2) is 0 Å². The first-order chi connectivity index (χ1) is 8.66. The fourth-order valence-electron chi connectivity index (χ4n) is 2.50. The van der Waals surface area contributed by atoms with E-state index in [1.807, 2.05) is 0 Å². The molecule has 100 valence electrons. The molecule has 6 heteroatoms. The molecule has 0 spiro atoms. The van der Waals surface area contributed by atoms with Gasteiger partial charge in [-0.25, -0.2) is 0 Å². The zero-order chi connectivity index (χ0) is 13.0. The van der Waals surface area contributed by atoms with E-state index in [0.29, 0.717) is 6.54 Å². The summed E-state index contributed by atoms with van der Waals surface area (Å²) >= 11 is 1.12.